The summed E-state index contributed by atoms with van der Waals surface area (Å²) in [5, 5.41) is 0.563. The Hall–Kier alpha value is -1.59. The van der Waals surface area contributed by atoms with Crippen molar-refractivity contribution in [1.29, 1.82) is 0 Å². The molecule has 5 nitrogen and oxygen atoms in total. The number of amides is 1. The lowest BCUT2D eigenvalue weighted by atomic mass is 9.82. The second kappa shape index (κ2) is 8.83. The van der Waals surface area contributed by atoms with Crippen LogP contribution in [0.25, 0.3) is 0 Å². The van der Waals surface area contributed by atoms with E-state index in [1.54, 1.807) is 6.07 Å². The third-order valence-corrected chi connectivity index (χ3v) is 6.19. The molecule has 2 aliphatic rings. The SMILES string of the molecule is CCCCN(C)CCC(=O)N1CCC2(CC1)CC(=O)c1cc(Cl)cc(C)c1O2. The minimum absolute atomic E-state index is 0.0872. The first-order chi connectivity index (χ1) is 13.3. The maximum atomic E-state index is 12.7. The molecule has 6 heteroatoms. The number of carbonyl (C=O) groups is 2. The summed E-state index contributed by atoms with van der Waals surface area (Å²) in [6.45, 7) is 7.22. The molecule has 1 aromatic rings. The van der Waals surface area contributed by atoms with Crippen molar-refractivity contribution in [3.05, 3.63) is 28.3 Å². The van der Waals surface area contributed by atoms with Crippen LogP contribution in [0.4, 0.5) is 0 Å². The van der Waals surface area contributed by atoms with E-state index >= 15 is 0 Å². The van der Waals surface area contributed by atoms with Gasteiger partial charge in [-0.3, -0.25) is 9.59 Å². The first-order valence-corrected chi connectivity index (χ1v) is 10.7. The van der Waals surface area contributed by atoms with E-state index in [0.29, 0.717) is 55.1 Å². The third-order valence-electron chi connectivity index (χ3n) is 5.97. The second-order valence-corrected chi connectivity index (χ2v) is 8.71. The number of unbranched alkanes of at least 4 members (excludes halogenated alkanes) is 1. The van der Waals surface area contributed by atoms with Gasteiger partial charge in [0, 0.05) is 43.9 Å². The van der Waals surface area contributed by atoms with Gasteiger partial charge in [0.05, 0.1) is 12.0 Å². The van der Waals surface area contributed by atoms with Crippen LogP contribution in [0.3, 0.4) is 0 Å². The molecule has 3 rings (SSSR count). The van der Waals surface area contributed by atoms with Crippen molar-refractivity contribution < 1.29 is 14.3 Å². The number of rotatable bonds is 6. The predicted octanol–water partition coefficient (Wildman–Crippen LogP) is 4.10. The number of nitrogens with zero attached hydrogens (tertiary/aromatic N) is 2. The number of hydrogen-bond donors (Lipinski definition) is 0. The molecule has 0 saturated carbocycles. The molecule has 0 unspecified atom stereocenters. The van der Waals surface area contributed by atoms with Crippen LogP contribution < -0.4 is 4.74 Å². The van der Waals surface area contributed by atoms with Crippen molar-refractivity contribution in [1.82, 2.24) is 9.80 Å². The minimum atomic E-state index is -0.489. The van der Waals surface area contributed by atoms with E-state index in [4.69, 9.17) is 16.3 Å². The van der Waals surface area contributed by atoms with E-state index in [0.717, 1.165) is 25.1 Å². The maximum absolute atomic E-state index is 12.7. The molecular formula is C22H31ClN2O3. The van der Waals surface area contributed by atoms with Crippen LogP contribution in [-0.4, -0.2) is 60.3 Å². The Balaban J connectivity index is 1.57. The van der Waals surface area contributed by atoms with Crippen LogP contribution in [0.2, 0.25) is 5.02 Å². The van der Waals surface area contributed by atoms with Crippen LogP contribution in [0.5, 0.6) is 5.75 Å². The Kier molecular flexibility index (Phi) is 6.66. The summed E-state index contributed by atoms with van der Waals surface area (Å²) in [6, 6.07) is 3.53. The highest BCUT2D eigenvalue weighted by atomic mass is 35.5. The molecule has 0 atom stereocenters. The van der Waals surface area contributed by atoms with Crippen LogP contribution in [0.1, 0.15) is 61.4 Å². The van der Waals surface area contributed by atoms with Crippen molar-refractivity contribution in [2.24, 2.45) is 0 Å². The number of piperidine rings is 1. The highest BCUT2D eigenvalue weighted by Crippen LogP contribution is 2.42. The average Bonchev–Trinajstić information content (AvgIpc) is 2.66. The zero-order valence-corrected chi connectivity index (χ0v) is 18.0. The molecule has 0 N–H and O–H groups in total. The Morgan fingerprint density at radius 1 is 1.29 bits per heavy atom. The largest absolute Gasteiger partial charge is 0.486 e. The van der Waals surface area contributed by atoms with Gasteiger partial charge >= 0.3 is 0 Å². The van der Waals surface area contributed by atoms with Crippen molar-refractivity contribution in [3.8, 4) is 5.75 Å². The number of carbonyl (C=O) groups excluding carboxylic acids is 2. The Labute approximate surface area is 173 Å². The molecule has 0 radical (unpaired) electrons. The summed E-state index contributed by atoms with van der Waals surface area (Å²) in [6.07, 6.45) is 4.62. The highest BCUT2D eigenvalue weighted by molar-refractivity contribution is 6.31. The number of ether oxygens (including phenoxy) is 1. The van der Waals surface area contributed by atoms with E-state index in [2.05, 4.69) is 18.9 Å². The molecule has 1 amide bonds. The van der Waals surface area contributed by atoms with Crippen LogP contribution >= 0.6 is 11.6 Å². The summed E-state index contributed by atoms with van der Waals surface area (Å²) >= 11 is 6.10. The van der Waals surface area contributed by atoms with Crippen molar-refractivity contribution >= 4 is 23.3 Å². The van der Waals surface area contributed by atoms with E-state index in [-0.39, 0.29) is 11.7 Å². The lowest BCUT2D eigenvalue weighted by Gasteiger charge is -2.44. The number of Topliss-reactive ketones (excluding diaryl/α,β-unsaturated/α-hetero) is 1. The fourth-order valence-electron chi connectivity index (χ4n) is 4.14. The van der Waals surface area contributed by atoms with Gasteiger partial charge in [-0.1, -0.05) is 24.9 Å². The van der Waals surface area contributed by atoms with Gasteiger partial charge in [-0.2, -0.15) is 0 Å². The number of halogens is 1. The zero-order valence-electron chi connectivity index (χ0n) is 17.2. The van der Waals surface area contributed by atoms with Crippen molar-refractivity contribution in [2.45, 2.75) is 58.0 Å². The standard InChI is InChI=1S/C22H31ClN2O3/c1-4-5-9-24(3)10-6-20(27)25-11-7-22(8-12-25)15-19(26)18-14-17(23)13-16(2)21(18)28-22/h13-14H,4-12,15H2,1-3H3. The van der Waals surface area contributed by atoms with E-state index in [9.17, 15) is 9.59 Å². The summed E-state index contributed by atoms with van der Waals surface area (Å²) < 4.78 is 6.36. The molecule has 1 saturated heterocycles. The topological polar surface area (TPSA) is 49.9 Å². The molecule has 2 heterocycles. The van der Waals surface area contributed by atoms with E-state index in [1.165, 1.54) is 6.42 Å². The summed E-state index contributed by atoms with van der Waals surface area (Å²) in [5.41, 5.74) is 0.991. The number of benzene rings is 1. The molecule has 0 bridgehead atoms. The molecule has 1 aromatic carbocycles. The Morgan fingerprint density at radius 2 is 2.00 bits per heavy atom. The smallest absolute Gasteiger partial charge is 0.223 e. The third kappa shape index (κ3) is 4.69. The lowest BCUT2D eigenvalue weighted by Crippen LogP contribution is -2.52. The molecule has 154 valence electrons. The Morgan fingerprint density at radius 3 is 2.68 bits per heavy atom. The van der Waals surface area contributed by atoms with Gasteiger partial charge in [0.15, 0.2) is 5.78 Å². The number of hydrogen-bond acceptors (Lipinski definition) is 4. The van der Waals surface area contributed by atoms with Gasteiger partial charge in [0.2, 0.25) is 5.91 Å². The highest BCUT2D eigenvalue weighted by Gasteiger charge is 2.44. The fraction of sp³-hybridized carbons (Fsp3) is 0.636. The minimum Gasteiger partial charge on any atom is -0.486 e. The molecule has 28 heavy (non-hydrogen) atoms. The number of ketones is 1. The lowest BCUT2D eigenvalue weighted by molar-refractivity contribution is -0.135. The fourth-order valence-corrected chi connectivity index (χ4v) is 4.41. The van der Waals surface area contributed by atoms with E-state index in [1.807, 2.05) is 17.9 Å². The average molecular weight is 407 g/mol. The van der Waals surface area contributed by atoms with Crippen LogP contribution in [-0.2, 0) is 4.79 Å². The number of likely N-dealkylation sites (tertiary alicyclic amines) is 1. The van der Waals surface area contributed by atoms with Gasteiger partial charge < -0.3 is 14.5 Å². The summed E-state index contributed by atoms with van der Waals surface area (Å²) in [7, 11) is 2.07. The normalized spacial score (nSPS) is 18.3. The molecule has 1 fully saturated rings. The maximum Gasteiger partial charge on any atom is 0.223 e. The first kappa shape index (κ1) is 21.1. The van der Waals surface area contributed by atoms with Crippen molar-refractivity contribution in [3.63, 3.8) is 0 Å². The molecule has 1 spiro atoms. The van der Waals surface area contributed by atoms with Gasteiger partial charge in [-0.15, -0.1) is 0 Å². The first-order valence-electron chi connectivity index (χ1n) is 10.3. The number of aryl methyl sites for hydroxylation is 1. The van der Waals surface area contributed by atoms with Gasteiger partial charge in [-0.05, 0) is 44.6 Å². The number of fused-ring (bicyclic) bond motifs is 1. The van der Waals surface area contributed by atoms with Crippen LogP contribution in [0.15, 0.2) is 12.1 Å². The summed E-state index contributed by atoms with van der Waals surface area (Å²) in [5.74, 6) is 0.950. The van der Waals surface area contributed by atoms with E-state index < -0.39 is 5.60 Å². The second-order valence-electron chi connectivity index (χ2n) is 8.27. The van der Waals surface area contributed by atoms with Gasteiger partial charge in [0.25, 0.3) is 0 Å². The van der Waals surface area contributed by atoms with Gasteiger partial charge in [0.1, 0.15) is 11.4 Å². The Bertz CT molecular complexity index is 742. The molecule has 0 aliphatic carbocycles. The molecule has 0 aromatic heterocycles. The molecule has 2 aliphatic heterocycles. The van der Waals surface area contributed by atoms with Gasteiger partial charge in [-0.25, -0.2) is 0 Å². The molecular weight excluding hydrogens is 376 g/mol. The quantitative estimate of drug-likeness (QED) is 0.713. The summed E-state index contributed by atoms with van der Waals surface area (Å²) in [4.78, 5) is 29.4. The van der Waals surface area contributed by atoms with Crippen molar-refractivity contribution in [2.75, 3.05) is 33.2 Å². The zero-order chi connectivity index (χ0) is 20.3. The van der Waals surface area contributed by atoms with Crippen LogP contribution in [0, 0.1) is 6.92 Å². The predicted molar refractivity (Wildman–Crippen MR) is 111 cm³/mol. The monoisotopic (exact) mass is 406 g/mol.